The zero-order valence-corrected chi connectivity index (χ0v) is 18.0. The van der Waals surface area contributed by atoms with E-state index < -0.39 is 6.04 Å². The lowest BCUT2D eigenvalue weighted by molar-refractivity contribution is -0.124. The van der Waals surface area contributed by atoms with Crippen molar-refractivity contribution in [3.05, 3.63) is 59.7 Å². The molecule has 1 aliphatic carbocycles. The zero-order chi connectivity index (χ0) is 22.5. The van der Waals surface area contributed by atoms with Crippen LogP contribution in [0.25, 0.3) is 6.08 Å². The molecule has 0 heterocycles. The number of carbonyl (C=O) groups excluding carboxylic acids is 2. The fraction of sp³-hybridized carbons (Fsp3) is 0.333. The Bertz CT molecular complexity index is 969. The van der Waals surface area contributed by atoms with Crippen molar-refractivity contribution in [2.75, 3.05) is 12.4 Å². The molecule has 7 nitrogen and oxygen atoms in total. The van der Waals surface area contributed by atoms with E-state index in [0.29, 0.717) is 22.9 Å². The van der Waals surface area contributed by atoms with Gasteiger partial charge in [-0.05, 0) is 53.8 Å². The molecule has 0 bridgehead atoms. The fourth-order valence-electron chi connectivity index (χ4n) is 3.34. The number of amides is 2. The molecule has 2 aromatic rings. The lowest BCUT2D eigenvalue weighted by atomic mass is 10.0. The highest BCUT2D eigenvalue weighted by Gasteiger charge is 2.34. The summed E-state index contributed by atoms with van der Waals surface area (Å²) in [6.45, 7) is 3.74. The average molecular weight is 424 g/mol. The summed E-state index contributed by atoms with van der Waals surface area (Å²) in [5.41, 5.74) is 8.42. The van der Waals surface area contributed by atoms with Gasteiger partial charge in [0.2, 0.25) is 11.8 Å². The summed E-state index contributed by atoms with van der Waals surface area (Å²) >= 11 is 0. The first-order valence-corrected chi connectivity index (χ1v) is 10.3. The van der Waals surface area contributed by atoms with E-state index in [2.05, 4.69) is 10.6 Å². The van der Waals surface area contributed by atoms with E-state index in [0.717, 1.165) is 6.42 Å². The Morgan fingerprint density at radius 2 is 1.87 bits per heavy atom. The first-order valence-electron chi connectivity index (χ1n) is 10.3. The van der Waals surface area contributed by atoms with Crippen LogP contribution in [0.15, 0.2) is 48.5 Å². The first-order chi connectivity index (χ1) is 14.8. The summed E-state index contributed by atoms with van der Waals surface area (Å²) in [5, 5.41) is 15.3. The second kappa shape index (κ2) is 9.66. The van der Waals surface area contributed by atoms with Gasteiger partial charge in [-0.15, -0.1) is 0 Å². The standard InChI is InChI=1S/C24H29N3O4/c1-14(2)23(24(30)26-17-8-6-16(7-9-17)18-13-19(18)25)27-22(29)11-5-15-4-10-20(28)21(12-15)31-3/h4-12,14,18-19,23,28H,13,25H2,1-3H3,(H,26,30)(H,27,29)/b11-5+/t18?,19?,23-/m0/s1. The molecule has 3 rings (SSSR count). The smallest absolute Gasteiger partial charge is 0.247 e. The van der Waals surface area contributed by atoms with Crippen molar-refractivity contribution in [2.45, 2.75) is 38.3 Å². The number of hydrogen-bond donors (Lipinski definition) is 4. The third-order valence-electron chi connectivity index (χ3n) is 5.32. The van der Waals surface area contributed by atoms with Crippen molar-refractivity contribution in [2.24, 2.45) is 11.7 Å². The summed E-state index contributed by atoms with van der Waals surface area (Å²) in [5.74, 6) is -0.0224. The van der Waals surface area contributed by atoms with Gasteiger partial charge in [0, 0.05) is 23.7 Å². The molecule has 164 valence electrons. The topological polar surface area (TPSA) is 114 Å². The van der Waals surface area contributed by atoms with Crippen LogP contribution in [0.4, 0.5) is 5.69 Å². The molecule has 3 atom stereocenters. The quantitative estimate of drug-likeness (QED) is 0.488. The first kappa shape index (κ1) is 22.4. The van der Waals surface area contributed by atoms with Crippen LogP contribution in [-0.2, 0) is 9.59 Å². The zero-order valence-electron chi connectivity index (χ0n) is 18.0. The van der Waals surface area contributed by atoms with Crippen LogP contribution in [0.3, 0.4) is 0 Å². The van der Waals surface area contributed by atoms with Gasteiger partial charge in [-0.25, -0.2) is 0 Å². The van der Waals surface area contributed by atoms with Crippen LogP contribution >= 0.6 is 0 Å². The number of phenols is 1. The van der Waals surface area contributed by atoms with Crippen molar-refractivity contribution in [3.8, 4) is 11.5 Å². The summed E-state index contributed by atoms with van der Waals surface area (Å²) in [6, 6.07) is 12.0. The van der Waals surface area contributed by atoms with E-state index in [1.165, 1.54) is 24.8 Å². The van der Waals surface area contributed by atoms with Crippen LogP contribution in [0.5, 0.6) is 11.5 Å². The molecule has 0 aromatic heterocycles. The minimum absolute atomic E-state index is 0.0219. The average Bonchev–Trinajstić information content (AvgIpc) is 3.48. The number of hydrogen-bond acceptors (Lipinski definition) is 5. The summed E-state index contributed by atoms with van der Waals surface area (Å²) in [7, 11) is 1.45. The van der Waals surface area contributed by atoms with Gasteiger partial charge in [0.1, 0.15) is 6.04 Å². The third-order valence-corrected chi connectivity index (χ3v) is 5.32. The van der Waals surface area contributed by atoms with Gasteiger partial charge in [0.05, 0.1) is 7.11 Å². The van der Waals surface area contributed by atoms with Gasteiger partial charge in [-0.3, -0.25) is 9.59 Å². The third kappa shape index (κ3) is 5.86. The second-order valence-electron chi connectivity index (χ2n) is 8.11. The van der Waals surface area contributed by atoms with Gasteiger partial charge < -0.3 is 26.2 Å². The van der Waals surface area contributed by atoms with E-state index >= 15 is 0 Å². The number of ether oxygens (including phenoxy) is 1. The minimum Gasteiger partial charge on any atom is -0.504 e. The molecular formula is C24H29N3O4. The molecule has 2 amide bonds. The van der Waals surface area contributed by atoms with Gasteiger partial charge in [-0.2, -0.15) is 0 Å². The molecule has 0 spiro atoms. The number of anilines is 1. The number of nitrogens with two attached hydrogens (primary N) is 1. The molecule has 0 saturated heterocycles. The Morgan fingerprint density at radius 3 is 2.45 bits per heavy atom. The van der Waals surface area contributed by atoms with Gasteiger partial charge in [0.25, 0.3) is 0 Å². The van der Waals surface area contributed by atoms with E-state index in [1.807, 2.05) is 38.1 Å². The molecule has 0 radical (unpaired) electrons. The van der Waals surface area contributed by atoms with Crippen LogP contribution in [-0.4, -0.2) is 36.1 Å². The maximum atomic E-state index is 12.8. The number of methoxy groups -OCH3 is 1. The Labute approximate surface area is 182 Å². The minimum atomic E-state index is -0.692. The van der Waals surface area contributed by atoms with E-state index in [1.54, 1.807) is 18.2 Å². The van der Waals surface area contributed by atoms with Crippen molar-refractivity contribution < 1.29 is 19.4 Å². The van der Waals surface area contributed by atoms with Crippen LogP contribution < -0.4 is 21.1 Å². The number of benzene rings is 2. The Morgan fingerprint density at radius 1 is 1.19 bits per heavy atom. The fourth-order valence-corrected chi connectivity index (χ4v) is 3.34. The monoisotopic (exact) mass is 423 g/mol. The predicted molar refractivity (Wildman–Crippen MR) is 121 cm³/mol. The summed E-state index contributed by atoms with van der Waals surface area (Å²) < 4.78 is 5.06. The highest BCUT2D eigenvalue weighted by atomic mass is 16.5. The molecule has 0 aliphatic heterocycles. The number of carbonyl (C=O) groups is 2. The maximum absolute atomic E-state index is 12.8. The van der Waals surface area contributed by atoms with E-state index in [9.17, 15) is 14.7 Å². The SMILES string of the molecule is COc1cc(/C=C/C(=O)N[C@H](C(=O)Nc2ccc(C3CC3N)cc2)C(C)C)ccc1O. The molecule has 2 unspecified atom stereocenters. The highest BCUT2D eigenvalue weighted by molar-refractivity contribution is 6.00. The Balaban J connectivity index is 1.60. The Kier molecular flexibility index (Phi) is 6.97. The Hall–Kier alpha value is -3.32. The number of rotatable bonds is 8. The largest absolute Gasteiger partial charge is 0.504 e. The van der Waals surface area contributed by atoms with Gasteiger partial charge in [0.15, 0.2) is 11.5 Å². The molecule has 1 fully saturated rings. The molecule has 7 heteroatoms. The van der Waals surface area contributed by atoms with Crippen molar-refractivity contribution in [1.82, 2.24) is 5.32 Å². The number of nitrogens with one attached hydrogen (secondary N) is 2. The van der Waals surface area contributed by atoms with Crippen LogP contribution in [0.1, 0.15) is 37.3 Å². The van der Waals surface area contributed by atoms with Crippen LogP contribution in [0.2, 0.25) is 0 Å². The molecule has 5 N–H and O–H groups in total. The van der Waals surface area contributed by atoms with E-state index in [4.69, 9.17) is 10.5 Å². The molecule has 2 aromatic carbocycles. The van der Waals surface area contributed by atoms with Crippen molar-refractivity contribution >= 4 is 23.6 Å². The highest BCUT2D eigenvalue weighted by Crippen LogP contribution is 2.39. The predicted octanol–water partition coefficient (Wildman–Crippen LogP) is 3.01. The number of aromatic hydroxyl groups is 1. The molecule has 1 saturated carbocycles. The number of phenolic OH excluding ortho intramolecular Hbond substituents is 1. The maximum Gasteiger partial charge on any atom is 0.247 e. The van der Waals surface area contributed by atoms with Crippen molar-refractivity contribution in [1.29, 1.82) is 0 Å². The second-order valence-corrected chi connectivity index (χ2v) is 8.11. The van der Waals surface area contributed by atoms with Crippen molar-refractivity contribution in [3.63, 3.8) is 0 Å². The lowest BCUT2D eigenvalue weighted by Crippen LogP contribution is -2.46. The van der Waals surface area contributed by atoms with E-state index in [-0.39, 0.29) is 29.5 Å². The normalized spacial score (nSPS) is 18.6. The molecular weight excluding hydrogens is 394 g/mol. The van der Waals surface area contributed by atoms with Crippen LogP contribution in [0, 0.1) is 5.92 Å². The summed E-state index contributed by atoms with van der Waals surface area (Å²) in [4.78, 5) is 25.2. The van der Waals surface area contributed by atoms with Gasteiger partial charge >= 0.3 is 0 Å². The molecule has 31 heavy (non-hydrogen) atoms. The lowest BCUT2D eigenvalue weighted by Gasteiger charge is -2.21. The van der Waals surface area contributed by atoms with Gasteiger partial charge in [-0.1, -0.05) is 32.0 Å². The summed E-state index contributed by atoms with van der Waals surface area (Å²) in [6.07, 6.45) is 3.94. The molecule has 1 aliphatic rings.